The molecule has 0 amide bonds. The molecular formula is C19H26N2O6. The van der Waals surface area contributed by atoms with E-state index in [0.717, 1.165) is 13.0 Å². The van der Waals surface area contributed by atoms with Gasteiger partial charge in [0, 0.05) is 38.7 Å². The number of benzene rings is 1. The Balaban J connectivity index is 1.72. The van der Waals surface area contributed by atoms with Gasteiger partial charge in [0.05, 0.1) is 25.9 Å². The summed E-state index contributed by atoms with van der Waals surface area (Å²) in [6.07, 6.45) is -0.158. The Labute approximate surface area is 158 Å². The van der Waals surface area contributed by atoms with Crippen LogP contribution in [0, 0.1) is 5.92 Å². The van der Waals surface area contributed by atoms with Gasteiger partial charge in [0.2, 0.25) is 0 Å². The van der Waals surface area contributed by atoms with Crippen molar-refractivity contribution in [3.05, 3.63) is 29.3 Å². The maximum Gasteiger partial charge on any atom is 0.341 e. The van der Waals surface area contributed by atoms with Gasteiger partial charge in [-0.25, -0.2) is 4.79 Å². The summed E-state index contributed by atoms with van der Waals surface area (Å²) in [6.45, 7) is 3.26. The molecule has 2 aliphatic heterocycles. The number of esters is 1. The molecule has 2 saturated heterocycles. The van der Waals surface area contributed by atoms with Gasteiger partial charge in [0.15, 0.2) is 5.78 Å². The van der Waals surface area contributed by atoms with Crippen LogP contribution in [-0.4, -0.2) is 79.4 Å². The number of β-amino-alcohol motifs (C(OH)–C–C–N with tert-alkyl or cyclic N) is 1. The molecule has 0 bridgehead atoms. The Morgan fingerprint density at radius 3 is 2.96 bits per heavy atom. The highest BCUT2D eigenvalue weighted by molar-refractivity contribution is 5.92. The van der Waals surface area contributed by atoms with Crippen LogP contribution in [0.4, 0.5) is 0 Å². The van der Waals surface area contributed by atoms with Crippen LogP contribution in [0.2, 0.25) is 0 Å². The largest absolute Gasteiger partial charge is 0.507 e. The number of ketones is 1. The lowest BCUT2D eigenvalue weighted by atomic mass is 9.94. The molecule has 2 fully saturated rings. The third-order valence-electron chi connectivity index (χ3n) is 5.23. The van der Waals surface area contributed by atoms with Crippen LogP contribution in [0.5, 0.6) is 5.75 Å². The number of rotatable bonds is 6. The zero-order valence-electron chi connectivity index (χ0n) is 15.4. The monoisotopic (exact) mass is 378 g/mol. The van der Waals surface area contributed by atoms with E-state index in [1.54, 1.807) is 6.07 Å². The first kappa shape index (κ1) is 19.8. The molecular weight excluding hydrogens is 352 g/mol. The standard InChI is InChI=1S/C19H26N2O6/c1-26-19(25)14-8-12(2-3-16(14)22)17(23)10-21-6-5-20-9-15(21)18(24)13-4-7-27-11-13/h2-3,8,13,15,17,20,22-23H,4-7,9-11H2,1H3. The first-order valence-electron chi connectivity index (χ1n) is 9.16. The summed E-state index contributed by atoms with van der Waals surface area (Å²) in [5.74, 6) is -0.811. The fourth-order valence-electron chi connectivity index (χ4n) is 3.64. The second-order valence-corrected chi connectivity index (χ2v) is 6.96. The van der Waals surface area contributed by atoms with Crippen molar-refractivity contribution >= 4 is 11.8 Å². The average molecular weight is 378 g/mol. The van der Waals surface area contributed by atoms with E-state index in [4.69, 9.17) is 4.74 Å². The van der Waals surface area contributed by atoms with Crippen molar-refractivity contribution in [1.82, 2.24) is 10.2 Å². The van der Waals surface area contributed by atoms with E-state index in [1.807, 2.05) is 4.90 Å². The Morgan fingerprint density at radius 1 is 1.44 bits per heavy atom. The predicted molar refractivity (Wildman–Crippen MR) is 96.6 cm³/mol. The zero-order chi connectivity index (χ0) is 19.4. The van der Waals surface area contributed by atoms with Gasteiger partial charge < -0.3 is 25.0 Å². The number of phenolic OH excluding ortho intramolecular Hbond substituents is 1. The van der Waals surface area contributed by atoms with Gasteiger partial charge in [0.25, 0.3) is 0 Å². The lowest BCUT2D eigenvalue weighted by molar-refractivity contribution is -0.129. The number of methoxy groups -OCH3 is 1. The summed E-state index contributed by atoms with van der Waals surface area (Å²) in [5.41, 5.74) is 0.493. The highest BCUT2D eigenvalue weighted by Crippen LogP contribution is 2.25. The fraction of sp³-hybridized carbons (Fsp3) is 0.579. The number of nitrogens with one attached hydrogen (secondary N) is 1. The number of aliphatic hydroxyl groups excluding tert-OH is 1. The molecule has 0 radical (unpaired) electrons. The molecule has 3 atom stereocenters. The maximum absolute atomic E-state index is 12.8. The molecule has 1 aromatic rings. The number of carbonyl (C=O) groups excluding carboxylic acids is 2. The molecule has 2 aliphatic rings. The van der Waals surface area contributed by atoms with E-state index in [2.05, 4.69) is 10.1 Å². The minimum Gasteiger partial charge on any atom is -0.507 e. The van der Waals surface area contributed by atoms with Crippen LogP contribution in [0.3, 0.4) is 0 Å². The highest BCUT2D eigenvalue weighted by Gasteiger charge is 2.35. The normalized spacial score (nSPS) is 24.5. The molecule has 3 rings (SSSR count). The summed E-state index contributed by atoms with van der Waals surface area (Å²) < 4.78 is 9.99. The number of ether oxygens (including phenoxy) is 2. The third kappa shape index (κ3) is 4.47. The number of hydrogen-bond donors (Lipinski definition) is 3. The number of nitrogens with zero attached hydrogens (tertiary/aromatic N) is 1. The third-order valence-corrected chi connectivity index (χ3v) is 5.23. The molecule has 8 heteroatoms. The quantitative estimate of drug-likeness (QED) is 0.598. The van der Waals surface area contributed by atoms with E-state index < -0.39 is 12.1 Å². The van der Waals surface area contributed by atoms with Crippen LogP contribution in [-0.2, 0) is 14.3 Å². The van der Waals surface area contributed by atoms with E-state index in [1.165, 1.54) is 19.2 Å². The number of aromatic hydroxyl groups is 1. The molecule has 0 spiro atoms. The molecule has 0 aliphatic carbocycles. The summed E-state index contributed by atoms with van der Waals surface area (Å²) in [5, 5.41) is 23.7. The van der Waals surface area contributed by atoms with Crippen LogP contribution >= 0.6 is 0 Å². The van der Waals surface area contributed by atoms with Crippen LogP contribution in [0.25, 0.3) is 0 Å². The Morgan fingerprint density at radius 2 is 2.26 bits per heavy atom. The Kier molecular flexibility index (Phi) is 6.43. The smallest absolute Gasteiger partial charge is 0.341 e. The summed E-state index contributed by atoms with van der Waals surface area (Å²) in [6, 6.07) is 4.05. The Bertz CT molecular complexity index is 689. The van der Waals surface area contributed by atoms with E-state index >= 15 is 0 Å². The molecule has 27 heavy (non-hydrogen) atoms. The van der Waals surface area contributed by atoms with Gasteiger partial charge in [0.1, 0.15) is 11.3 Å². The van der Waals surface area contributed by atoms with Crippen LogP contribution in [0.15, 0.2) is 18.2 Å². The average Bonchev–Trinajstić information content (AvgIpc) is 3.22. The van der Waals surface area contributed by atoms with Gasteiger partial charge >= 0.3 is 5.97 Å². The van der Waals surface area contributed by atoms with Crippen molar-refractivity contribution in [3.63, 3.8) is 0 Å². The van der Waals surface area contributed by atoms with E-state index in [9.17, 15) is 19.8 Å². The Hall–Kier alpha value is -2.00. The van der Waals surface area contributed by atoms with Crippen molar-refractivity contribution in [1.29, 1.82) is 0 Å². The minimum atomic E-state index is -0.901. The lowest BCUT2D eigenvalue weighted by Gasteiger charge is -2.37. The van der Waals surface area contributed by atoms with Gasteiger partial charge in [-0.15, -0.1) is 0 Å². The first-order valence-corrected chi connectivity index (χ1v) is 9.16. The molecule has 3 N–H and O–H groups in total. The summed E-state index contributed by atoms with van der Waals surface area (Å²) in [7, 11) is 1.23. The zero-order valence-corrected chi connectivity index (χ0v) is 15.4. The van der Waals surface area contributed by atoms with Gasteiger partial charge in [-0.3, -0.25) is 9.69 Å². The summed E-state index contributed by atoms with van der Waals surface area (Å²) in [4.78, 5) is 26.5. The molecule has 3 unspecified atom stereocenters. The topological polar surface area (TPSA) is 108 Å². The number of Topliss-reactive ketones (excluding diaryl/α,β-unsaturated/α-hetero) is 1. The number of carbonyl (C=O) groups is 2. The number of aliphatic hydroxyl groups is 1. The second-order valence-electron chi connectivity index (χ2n) is 6.96. The predicted octanol–water partition coefficient (Wildman–Crippen LogP) is 0.0916. The lowest BCUT2D eigenvalue weighted by Crippen LogP contribution is -2.57. The van der Waals surface area contributed by atoms with Crippen molar-refractivity contribution in [2.45, 2.75) is 18.6 Å². The molecule has 0 saturated carbocycles. The molecule has 148 valence electrons. The van der Waals surface area contributed by atoms with Gasteiger partial charge in [-0.2, -0.15) is 0 Å². The fourth-order valence-corrected chi connectivity index (χ4v) is 3.64. The molecule has 2 heterocycles. The highest BCUT2D eigenvalue weighted by atomic mass is 16.5. The van der Waals surface area contributed by atoms with E-state index in [0.29, 0.717) is 31.9 Å². The maximum atomic E-state index is 12.8. The van der Waals surface area contributed by atoms with E-state index in [-0.39, 0.29) is 35.6 Å². The van der Waals surface area contributed by atoms with Crippen molar-refractivity contribution in [2.75, 3.05) is 46.5 Å². The summed E-state index contributed by atoms with van der Waals surface area (Å²) >= 11 is 0. The molecule has 0 aromatic heterocycles. The van der Waals surface area contributed by atoms with Crippen LogP contribution in [0.1, 0.15) is 28.4 Å². The first-order chi connectivity index (χ1) is 13.0. The second kappa shape index (κ2) is 8.79. The number of phenols is 1. The number of piperazine rings is 1. The molecule has 8 nitrogen and oxygen atoms in total. The van der Waals surface area contributed by atoms with Gasteiger partial charge in [-0.05, 0) is 24.1 Å². The van der Waals surface area contributed by atoms with Gasteiger partial charge in [-0.1, -0.05) is 6.07 Å². The molecule has 1 aromatic carbocycles. The van der Waals surface area contributed by atoms with Crippen molar-refractivity contribution in [2.24, 2.45) is 5.92 Å². The minimum absolute atomic E-state index is 0.00471. The van der Waals surface area contributed by atoms with Crippen LogP contribution < -0.4 is 5.32 Å². The van der Waals surface area contributed by atoms with Crippen molar-refractivity contribution < 1.29 is 29.3 Å². The number of hydrogen-bond acceptors (Lipinski definition) is 8. The SMILES string of the molecule is COC(=O)c1cc(C(O)CN2CCNCC2C(=O)C2CCOC2)ccc1O. The van der Waals surface area contributed by atoms with Crippen molar-refractivity contribution in [3.8, 4) is 5.75 Å².